The Morgan fingerprint density at radius 2 is 2.06 bits per heavy atom. The van der Waals surface area contributed by atoms with Crippen LogP contribution in [-0.4, -0.2) is 36.5 Å². The predicted molar refractivity (Wildman–Crippen MR) is 67.2 cm³/mol. The van der Waals surface area contributed by atoms with Gasteiger partial charge < -0.3 is 10.1 Å². The Labute approximate surface area is 108 Å². The zero-order valence-electron chi connectivity index (χ0n) is 9.18. The van der Waals surface area contributed by atoms with Crippen molar-refractivity contribution in [1.29, 1.82) is 0 Å². The number of ether oxygens (including phenoxy) is 1. The van der Waals surface area contributed by atoms with Gasteiger partial charge in [0.15, 0.2) is 0 Å². The number of unbranched alkanes of at least 4 members (excludes halogenated alkanes) is 2. The van der Waals surface area contributed by atoms with Crippen LogP contribution >= 0.6 is 22.6 Å². The molecule has 0 unspecified atom stereocenters. The summed E-state index contributed by atoms with van der Waals surface area (Å²) >= 11 is 2.32. The lowest BCUT2D eigenvalue weighted by atomic mass is 10.2. The van der Waals surface area contributed by atoms with E-state index in [1.165, 1.54) is 0 Å². The average molecular weight is 349 g/mol. The van der Waals surface area contributed by atoms with E-state index in [0.29, 0.717) is 6.54 Å². The van der Waals surface area contributed by atoms with Crippen LogP contribution in [0.3, 0.4) is 0 Å². The molecule has 6 heteroatoms. The Hall–Kier alpha value is 0.0200. The minimum absolute atomic E-state index is 0.0594. The highest BCUT2D eigenvalue weighted by Crippen LogP contribution is 1.98. The molecule has 0 fully saturated rings. The second-order valence-corrected chi connectivity index (χ2v) is 4.39. The number of halogens is 3. The summed E-state index contributed by atoms with van der Waals surface area (Å²) in [5.74, 6) is -0.135. The van der Waals surface area contributed by atoms with Gasteiger partial charge in [0.05, 0.1) is 6.61 Å². The molecule has 0 aliphatic carbocycles. The van der Waals surface area contributed by atoms with E-state index in [-0.39, 0.29) is 18.9 Å². The van der Waals surface area contributed by atoms with Crippen molar-refractivity contribution in [3.63, 3.8) is 0 Å². The third kappa shape index (κ3) is 12.1. The molecule has 0 aromatic heterocycles. The Morgan fingerprint density at radius 1 is 1.31 bits per heavy atom. The summed E-state index contributed by atoms with van der Waals surface area (Å²) in [5, 5.41) is 2.72. The normalized spacial score (nSPS) is 10.8. The van der Waals surface area contributed by atoms with Gasteiger partial charge in [0.2, 0.25) is 5.91 Å². The number of rotatable bonds is 10. The monoisotopic (exact) mass is 349 g/mol. The first kappa shape index (κ1) is 16.0. The maximum absolute atomic E-state index is 11.7. The van der Waals surface area contributed by atoms with Crippen LogP contribution in [0.25, 0.3) is 0 Å². The molecule has 0 aliphatic rings. The van der Waals surface area contributed by atoms with Crippen molar-refractivity contribution in [2.24, 2.45) is 0 Å². The predicted octanol–water partition coefficient (Wildman–Crippen LogP) is 2.38. The summed E-state index contributed by atoms with van der Waals surface area (Å²) in [6.07, 6.45) is 0.918. The summed E-state index contributed by atoms with van der Waals surface area (Å²) in [4.78, 5) is 11.1. The number of nitrogens with one attached hydrogen (secondary N) is 1. The molecule has 0 heterocycles. The molecule has 0 aromatic rings. The molecule has 16 heavy (non-hydrogen) atoms. The largest absolute Gasteiger partial charge is 0.375 e. The molecule has 0 bridgehead atoms. The molecule has 0 radical (unpaired) electrons. The number of hydrogen-bond acceptors (Lipinski definition) is 2. The first-order valence-electron chi connectivity index (χ1n) is 5.35. The number of amides is 1. The SMILES string of the molecule is O=C(CCOCC(F)F)NCCCCCI. The van der Waals surface area contributed by atoms with Crippen LogP contribution in [0.5, 0.6) is 0 Å². The van der Waals surface area contributed by atoms with E-state index in [0.717, 1.165) is 23.7 Å². The number of carbonyl (C=O) groups is 1. The molecule has 3 nitrogen and oxygen atoms in total. The van der Waals surface area contributed by atoms with Crippen LogP contribution in [0, 0.1) is 0 Å². The van der Waals surface area contributed by atoms with Crippen molar-refractivity contribution in [2.75, 3.05) is 24.2 Å². The van der Waals surface area contributed by atoms with Gasteiger partial charge in [0.25, 0.3) is 6.43 Å². The first-order chi connectivity index (χ1) is 7.66. The van der Waals surface area contributed by atoms with Gasteiger partial charge in [-0.05, 0) is 17.3 Å². The molecule has 0 spiro atoms. The van der Waals surface area contributed by atoms with Gasteiger partial charge in [-0.1, -0.05) is 29.0 Å². The highest BCUT2D eigenvalue weighted by molar-refractivity contribution is 14.1. The lowest BCUT2D eigenvalue weighted by Gasteiger charge is -2.05. The fourth-order valence-corrected chi connectivity index (χ4v) is 1.59. The molecule has 0 saturated carbocycles. The van der Waals surface area contributed by atoms with Gasteiger partial charge in [-0.2, -0.15) is 0 Å². The van der Waals surface area contributed by atoms with Crippen molar-refractivity contribution >= 4 is 28.5 Å². The molecule has 96 valence electrons. The molecule has 0 aromatic carbocycles. The van der Waals surface area contributed by atoms with Crippen molar-refractivity contribution < 1.29 is 18.3 Å². The van der Waals surface area contributed by atoms with E-state index in [1.54, 1.807) is 0 Å². The van der Waals surface area contributed by atoms with Crippen LogP contribution in [-0.2, 0) is 9.53 Å². The van der Waals surface area contributed by atoms with Gasteiger partial charge >= 0.3 is 0 Å². The Balaban J connectivity index is 3.18. The lowest BCUT2D eigenvalue weighted by Crippen LogP contribution is -2.25. The average Bonchev–Trinajstić information content (AvgIpc) is 2.24. The summed E-state index contributed by atoms with van der Waals surface area (Å²) < 4.78 is 29.0. The minimum Gasteiger partial charge on any atom is -0.375 e. The van der Waals surface area contributed by atoms with E-state index in [4.69, 9.17) is 0 Å². The molecular formula is C10H18F2INO2. The van der Waals surface area contributed by atoms with E-state index >= 15 is 0 Å². The summed E-state index contributed by atoms with van der Waals surface area (Å²) in [6, 6.07) is 0. The highest BCUT2D eigenvalue weighted by Gasteiger charge is 2.04. The third-order valence-corrected chi connectivity index (χ3v) is 2.61. The quantitative estimate of drug-likeness (QED) is 0.374. The van der Waals surface area contributed by atoms with Crippen LogP contribution in [0.15, 0.2) is 0 Å². The zero-order chi connectivity index (χ0) is 12.2. The van der Waals surface area contributed by atoms with Crippen LogP contribution in [0.4, 0.5) is 8.78 Å². The van der Waals surface area contributed by atoms with E-state index < -0.39 is 13.0 Å². The fraction of sp³-hybridized carbons (Fsp3) is 0.900. The van der Waals surface area contributed by atoms with Crippen molar-refractivity contribution in [3.8, 4) is 0 Å². The van der Waals surface area contributed by atoms with Crippen LogP contribution in [0.2, 0.25) is 0 Å². The fourth-order valence-electron chi connectivity index (χ4n) is 1.05. The van der Waals surface area contributed by atoms with Gasteiger partial charge in [-0.25, -0.2) is 8.78 Å². The van der Waals surface area contributed by atoms with Crippen LogP contribution in [0.1, 0.15) is 25.7 Å². The Morgan fingerprint density at radius 3 is 2.69 bits per heavy atom. The van der Waals surface area contributed by atoms with Gasteiger partial charge in [0.1, 0.15) is 6.61 Å². The molecular weight excluding hydrogens is 331 g/mol. The second kappa shape index (κ2) is 11.5. The maximum atomic E-state index is 11.7. The lowest BCUT2D eigenvalue weighted by molar-refractivity contribution is -0.122. The van der Waals surface area contributed by atoms with Crippen molar-refractivity contribution in [2.45, 2.75) is 32.1 Å². The molecule has 1 amide bonds. The topological polar surface area (TPSA) is 38.3 Å². The Bertz CT molecular complexity index is 182. The summed E-state index contributed by atoms with van der Waals surface area (Å²) in [6.45, 7) is 0.122. The molecule has 0 rings (SSSR count). The van der Waals surface area contributed by atoms with Crippen LogP contribution < -0.4 is 5.32 Å². The highest BCUT2D eigenvalue weighted by atomic mass is 127. The Kier molecular flexibility index (Phi) is 11.5. The van der Waals surface area contributed by atoms with E-state index in [1.807, 2.05) is 0 Å². The van der Waals surface area contributed by atoms with Crippen molar-refractivity contribution in [1.82, 2.24) is 5.32 Å². The third-order valence-electron chi connectivity index (χ3n) is 1.85. The van der Waals surface area contributed by atoms with Gasteiger partial charge in [-0.15, -0.1) is 0 Å². The summed E-state index contributed by atoms with van der Waals surface area (Å²) in [5.41, 5.74) is 0. The van der Waals surface area contributed by atoms with Crippen molar-refractivity contribution in [3.05, 3.63) is 0 Å². The molecule has 0 saturated heterocycles. The summed E-state index contributed by atoms with van der Waals surface area (Å²) in [7, 11) is 0. The van der Waals surface area contributed by atoms with Gasteiger partial charge in [0, 0.05) is 13.0 Å². The van der Waals surface area contributed by atoms with Gasteiger partial charge in [-0.3, -0.25) is 4.79 Å². The minimum atomic E-state index is -2.46. The molecule has 0 aliphatic heterocycles. The number of carbonyl (C=O) groups excluding carboxylic acids is 1. The number of alkyl halides is 3. The smallest absolute Gasteiger partial charge is 0.261 e. The number of hydrogen-bond donors (Lipinski definition) is 1. The van der Waals surface area contributed by atoms with E-state index in [2.05, 4.69) is 32.6 Å². The molecule has 0 atom stereocenters. The second-order valence-electron chi connectivity index (χ2n) is 3.32. The maximum Gasteiger partial charge on any atom is 0.261 e. The molecule has 1 N–H and O–H groups in total. The zero-order valence-corrected chi connectivity index (χ0v) is 11.3. The standard InChI is InChI=1S/C10H18F2INO2/c11-9(12)8-16-7-4-10(15)14-6-3-1-2-5-13/h9H,1-8H2,(H,14,15). The first-order valence-corrected chi connectivity index (χ1v) is 6.88. The van der Waals surface area contributed by atoms with E-state index in [9.17, 15) is 13.6 Å².